The zero-order chi connectivity index (χ0) is 27.1. The molecule has 6 rings (SSSR count). The average Bonchev–Trinajstić information content (AvgIpc) is 3.60. The Labute approximate surface area is 226 Å². The highest BCUT2D eigenvalue weighted by Crippen LogP contribution is 2.35. The fraction of sp³-hybridized carbons (Fsp3) is 0.379. The molecule has 3 aromatic heterocycles. The van der Waals surface area contributed by atoms with Gasteiger partial charge in [0.05, 0.1) is 17.9 Å². The second-order valence-electron chi connectivity index (χ2n) is 10.7. The summed E-state index contributed by atoms with van der Waals surface area (Å²) in [5.41, 5.74) is 1.84. The van der Waals surface area contributed by atoms with Gasteiger partial charge in [-0.25, -0.2) is 18.9 Å². The molecule has 0 bridgehead atoms. The minimum Gasteiger partial charge on any atom is -0.381 e. The topological polar surface area (TPSA) is 90.1 Å². The van der Waals surface area contributed by atoms with Gasteiger partial charge in [-0.05, 0) is 68.7 Å². The predicted molar refractivity (Wildman–Crippen MR) is 147 cm³/mol. The second kappa shape index (κ2) is 9.92. The van der Waals surface area contributed by atoms with E-state index in [4.69, 9.17) is 10.1 Å². The van der Waals surface area contributed by atoms with Gasteiger partial charge < -0.3 is 19.8 Å². The number of piperazine rings is 1. The Balaban J connectivity index is 1.25. The fourth-order valence-corrected chi connectivity index (χ4v) is 5.56. The van der Waals surface area contributed by atoms with Gasteiger partial charge in [0, 0.05) is 32.7 Å². The molecule has 10 heteroatoms. The molecule has 1 amide bonds. The van der Waals surface area contributed by atoms with E-state index >= 15 is 0 Å². The minimum absolute atomic E-state index is 0.0704. The summed E-state index contributed by atoms with van der Waals surface area (Å²) in [6.45, 7) is 6.20. The monoisotopic (exact) mass is 529 g/mol. The average molecular weight is 530 g/mol. The van der Waals surface area contributed by atoms with Crippen LogP contribution < -0.4 is 9.80 Å². The van der Waals surface area contributed by atoms with E-state index < -0.39 is 5.60 Å². The number of benzene rings is 1. The number of carbonyl (C=O) groups is 1. The third-order valence-corrected chi connectivity index (χ3v) is 7.54. The van der Waals surface area contributed by atoms with Crippen molar-refractivity contribution in [1.29, 1.82) is 0 Å². The maximum atomic E-state index is 13.9. The lowest BCUT2D eigenvalue weighted by molar-refractivity contribution is -0.148. The number of nitrogens with zero attached hydrogens (tertiary/aromatic N) is 7. The summed E-state index contributed by atoms with van der Waals surface area (Å²) < 4.78 is 15.8. The van der Waals surface area contributed by atoms with Crippen LogP contribution in [0.5, 0.6) is 0 Å². The molecular weight excluding hydrogens is 497 g/mol. The van der Waals surface area contributed by atoms with E-state index in [0.717, 1.165) is 53.6 Å². The molecule has 2 saturated heterocycles. The molecule has 1 atom stereocenters. The molecule has 202 valence electrons. The lowest BCUT2D eigenvalue weighted by atomic mass is 10.0. The van der Waals surface area contributed by atoms with Crippen LogP contribution in [0.3, 0.4) is 0 Å². The largest absolute Gasteiger partial charge is 0.381 e. The number of aliphatic hydroxyl groups is 1. The zero-order valence-electron chi connectivity index (χ0n) is 22.2. The van der Waals surface area contributed by atoms with Crippen molar-refractivity contribution < 1.29 is 14.3 Å². The quantitative estimate of drug-likeness (QED) is 0.422. The van der Waals surface area contributed by atoms with Crippen molar-refractivity contribution in [3.63, 3.8) is 0 Å². The van der Waals surface area contributed by atoms with Crippen LogP contribution in [0, 0.1) is 5.82 Å². The summed E-state index contributed by atoms with van der Waals surface area (Å²) >= 11 is 0. The Morgan fingerprint density at radius 1 is 1.00 bits per heavy atom. The SMILES string of the molecule is CC(C)(O)C(=O)N1CCN(c2cccc(-c3cnc4ccc(N5CCCC5c5cccc(F)c5)nn34)n2)CC1. The summed E-state index contributed by atoms with van der Waals surface area (Å²) in [6.07, 6.45) is 3.74. The molecule has 1 N–H and O–H groups in total. The number of rotatable bonds is 5. The zero-order valence-corrected chi connectivity index (χ0v) is 22.2. The Bertz CT molecular complexity index is 1510. The molecule has 5 heterocycles. The molecule has 2 fully saturated rings. The summed E-state index contributed by atoms with van der Waals surface area (Å²) in [4.78, 5) is 28.0. The Kier molecular flexibility index (Phi) is 6.42. The first-order chi connectivity index (χ1) is 18.8. The van der Waals surface area contributed by atoms with Crippen LogP contribution in [0.25, 0.3) is 17.0 Å². The van der Waals surface area contributed by atoms with Crippen molar-refractivity contribution in [2.45, 2.75) is 38.3 Å². The van der Waals surface area contributed by atoms with Crippen molar-refractivity contribution >= 4 is 23.2 Å². The van der Waals surface area contributed by atoms with Crippen LogP contribution in [0.1, 0.15) is 38.3 Å². The number of fused-ring (bicyclic) bond motifs is 1. The number of anilines is 2. The molecular formula is C29H32FN7O2. The van der Waals surface area contributed by atoms with Crippen LogP contribution in [0.4, 0.5) is 16.0 Å². The maximum absolute atomic E-state index is 13.9. The molecule has 9 nitrogen and oxygen atoms in total. The Morgan fingerprint density at radius 3 is 2.56 bits per heavy atom. The molecule has 0 aliphatic carbocycles. The Morgan fingerprint density at radius 2 is 1.79 bits per heavy atom. The number of pyridine rings is 1. The third kappa shape index (κ3) is 4.92. The van der Waals surface area contributed by atoms with Crippen LogP contribution in [-0.4, -0.2) is 73.8 Å². The number of halogens is 1. The third-order valence-electron chi connectivity index (χ3n) is 7.54. The van der Waals surface area contributed by atoms with Crippen molar-refractivity contribution in [1.82, 2.24) is 24.5 Å². The van der Waals surface area contributed by atoms with Gasteiger partial charge in [-0.2, -0.15) is 0 Å². The van der Waals surface area contributed by atoms with Crippen LogP contribution >= 0.6 is 0 Å². The number of hydrogen-bond donors (Lipinski definition) is 1. The van der Waals surface area contributed by atoms with Gasteiger partial charge in [0.1, 0.15) is 28.7 Å². The smallest absolute Gasteiger partial charge is 0.254 e. The van der Waals surface area contributed by atoms with E-state index in [2.05, 4.69) is 14.8 Å². The van der Waals surface area contributed by atoms with Gasteiger partial charge in [-0.15, -0.1) is 5.10 Å². The summed E-state index contributed by atoms with van der Waals surface area (Å²) in [7, 11) is 0. The summed E-state index contributed by atoms with van der Waals surface area (Å²) in [5, 5.41) is 15.0. The first-order valence-corrected chi connectivity index (χ1v) is 13.4. The molecule has 0 radical (unpaired) electrons. The van der Waals surface area contributed by atoms with Gasteiger partial charge >= 0.3 is 0 Å². The number of aromatic nitrogens is 4. The Hall–Kier alpha value is -4.05. The van der Waals surface area contributed by atoms with Crippen molar-refractivity contribution in [2.75, 3.05) is 42.5 Å². The first kappa shape index (κ1) is 25.2. The fourth-order valence-electron chi connectivity index (χ4n) is 5.56. The van der Waals surface area contributed by atoms with Gasteiger partial charge in [0.15, 0.2) is 5.65 Å². The number of hydrogen-bond acceptors (Lipinski definition) is 7. The van der Waals surface area contributed by atoms with Gasteiger partial charge in [-0.3, -0.25) is 4.79 Å². The highest BCUT2D eigenvalue weighted by Gasteiger charge is 2.32. The van der Waals surface area contributed by atoms with Crippen molar-refractivity contribution in [3.8, 4) is 11.4 Å². The molecule has 0 spiro atoms. The number of imidazole rings is 1. The van der Waals surface area contributed by atoms with E-state index in [9.17, 15) is 14.3 Å². The van der Waals surface area contributed by atoms with E-state index in [1.807, 2.05) is 40.9 Å². The molecule has 4 aromatic rings. The van der Waals surface area contributed by atoms with E-state index in [1.165, 1.54) is 19.9 Å². The van der Waals surface area contributed by atoms with E-state index in [-0.39, 0.29) is 17.8 Å². The van der Waals surface area contributed by atoms with E-state index in [0.29, 0.717) is 26.2 Å². The molecule has 1 aromatic carbocycles. The van der Waals surface area contributed by atoms with E-state index in [1.54, 1.807) is 23.2 Å². The van der Waals surface area contributed by atoms with Gasteiger partial charge in [0.25, 0.3) is 5.91 Å². The van der Waals surface area contributed by atoms with Crippen LogP contribution in [0.2, 0.25) is 0 Å². The maximum Gasteiger partial charge on any atom is 0.254 e. The van der Waals surface area contributed by atoms with Crippen molar-refractivity contribution in [3.05, 3.63) is 72.2 Å². The first-order valence-electron chi connectivity index (χ1n) is 13.4. The van der Waals surface area contributed by atoms with Crippen LogP contribution in [0.15, 0.2) is 60.8 Å². The molecule has 2 aliphatic rings. The van der Waals surface area contributed by atoms with Gasteiger partial charge in [-0.1, -0.05) is 18.2 Å². The minimum atomic E-state index is -1.37. The molecule has 2 aliphatic heterocycles. The molecule has 39 heavy (non-hydrogen) atoms. The molecule has 0 saturated carbocycles. The number of amides is 1. The van der Waals surface area contributed by atoms with Crippen LogP contribution in [-0.2, 0) is 4.79 Å². The lowest BCUT2D eigenvalue weighted by Crippen LogP contribution is -2.54. The summed E-state index contributed by atoms with van der Waals surface area (Å²) in [5.74, 6) is 1.15. The van der Waals surface area contributed by atoms with Crippen molar-refractivity contribution in [2.24, 2.45) is 0 Å². The lowest BCUT2D eigenvalue weighted by Gasteiger charge is -2.37. The number of carbonyl (C=O) groups excluding carboxylic acids is 1. The molecule has 1 unspecified atom stereocenters. The normalized spacial score (nSPS) is 18.3. The highest BCUT2D eigenvalue weighted by atomic mass is 19.1. The highest BCUT2D eigenvalue weighted by molar-refractivity contribution is 5.84. The predicted octanol–water partition coefficient (Wildman–Crippen LogP) is 3.69. The standard InChI is InChI=1S/C29H32FN7O2/c1-29(2,39)28(38)35-16-14-34(15-17-35)26-10-4-8-22(32-26)24-19-31-25-11-12-27(33-37(24)25)36-13-5-9-23(36)20-6-3-7-21(30)18-20/h3-4,6-8,10-12,18-19,23,39H,5,9,13-17H2,1-2H3. The second-order valence-corrected chi connectivity index (χ2v) is 10.7. The van der Waals surface area contributed by atoms with Gasteiger partial charge in [0.2, 0.25) is 0 Å². The summed E-state index contributed by atoms with van der Waals surface area (Å²) in [6, 6.07) is 16.7.